The van der Waals surface area contributed by atoms with Gasteiger partial charge in [-0.1, -0.05) is 29.5 Å². The summed E-state index contributed by atoms with van der Waals surface area (Å²) in [5, 5.41) is 11.6. The molecule has 92 valence electrons. The van der Waals surface area contributed by atoms with Crippen molar-refractivity contribution in [3.8, 4) is 0 Å². The van der Waals surface area contributed by atoms with Crippen LogP contribution < -0.4 is 5.32 Å². The molecule has 0 bridgehead atoms. The summed E-state index contributed by atoms with van der Waals surface area (Å²) in [4.78, 5) is 0. The number of nitrogens with zero attached hydrogens (tertiary/aromatic N) is 3. The lowest BCUT2D eigenvalue weighted by molar-refractivity contribution is 0.649. The van der Waals surface area contributed by atoms with Crippen LogP contribution in [0.3, 0.4) is 0 Å². The standard InChI is InChI=1S/C14H16N4/c1-2-3-14-10-18(17-16-14)9-11-4-5-12-7-15-8-13(12)6-11/h2-6,10,15H,7-9H2,1H3/b3-2+. The molecule has 2 heterocycles. The zero-order chi connectivity index (χ0) is 12.4. The summed E-state index contributed by atoms with van der Waals surface area (Å²) in [6.07, 6.45) is 5.89. The van der Waals surface area contributed by atoms with Crippen LogP contribution >= 0.6 is 0 Å². The molecule has 0 unspecified atom stereocenters. The van der Waals surface area contributed by atoms with Crippen LogP contribution in [0.25, 0.3) is 6.08 Å². The number of fused-ring (bicyclic) bond motifs is 1. The van der Waals surface area contributed by atoms with Crippen molar-refractivity contribution in [2.24, 2.45) is 0 Å². The van der Waals surface area contributed by atoms with E-state index in [4.69, 9.17) is 0 Å². The highest BCUT2D eigenvalue weighted by atomic mass is 15.4. The van der Waals surface area contributed by atoms with E-state index in [1.807, 2.05) is 30.0 Å². The lowest BCUT2D eigenvalue weighted by atomic mass is 10.1. The monoisotopic (exact) mass is 240 g/mol. The van der Waals surface area contributed by atoms with E-state index in [-0.39, 0.29) is 0 Å². The van der Waals surface area contributed by atoms with Crippen molar-refractivity contribution < 1.29 is 0 Å². The summed E-state index contributed by atoms with van der Waals surface area (Å²) in [6.45, 7) is 4.72. The van der Waals surface area contributed by atoms with Gasteiger partial charge in [0.05, 0.1) is 12.7 Å². The number of nitrogens with one attached hydrogen (secondary N) is 1. The van der Waals surface area contributed by atoms with E-state index in [0.717, 1.165) is 25.3 Å². The van der Waals surface area contributed by atoms with Gasteiger partial charge in [-0.2, -0.15) is 0 Å². The Morgan fingerprint density at radius 1 is 1.33 bits per heavy atom. The molecule has 1 aliphatic rings. The van der Waals surface area contributed by atoms with Crippen molar-refractivity contribution in [1.82, 2.24) is 20.3 Å². The first-order chi connectivity index (χ1) is 8.85. The lowest BCUT2D eigenvalue weighted by Gasteiger charge is -2.03. The molecule has 4 nitrogen and oxygen atoms in total. The topological polar surface area (TPSA) is 42.7 Å². The van der Waals surface area contributed by atoms with Crippen LogP contribution in [0.15, 0.2) is 30.5 Å². The third-order valence-electron chi connectivity index (χ3n) is 3.14. The van der Waals surface area contributed by atoms with E-state index in [2.05, 4.69) is 33.8 Å². The largest absolute Gasteiger partial charge is 0.309 e. The molecular formula is C14H16N4. The summed E-state index contributed by atoms with van der Waals surface area (Å²) in [5.41, 5.74) is 4.99. The lowest BCUT2D eigenvalue weighted by Crippen LogP contribution is -2.01. The minimum Gasteiger partial charge on any atom is -0.309 e. The van der Waals surface area contributed by atoms with Gasteiger partial charge in [0.25, 0.3) is 0 Å². The van der Waals surface area contributed by atoms with Crippen LogP contribution in [0.2, 0.25) is 0 Å². The fourth-order valence-electron chi connectivity index (χ4n) is 2.27. The highest BCUT2D eigenvalue weighted by molar-refractivity contribution is 5.41. The van der Waals surface area contributed by atoms with Gasteiger partial charge >= 0.3 is 0 Å². The molecule has 0 saturated heterocycles. The number of allylic oxidation sites excluding steroid dienone is 1. The van der Waals surface area contributed by atoms with Gasteiger partial charge < -0.3 is 5.32 Å². The Morgan fingerprint density at radius 3 is 3.11 bits per heavy atom. The van der Waals surface area contributed by atoms with Gasteiger partial charge in [-0.15, -0.1) is 5.10 Å². The van der Waals surface area contributed by atoms with E-state index in [0.29, 0.717) is 0 Å². The van der Waals surface area contributed by atoms with Gasteiger partial charge in [-0.05, 0) is 29.7 Å². The smallest absolute Gasteiger partial charge is 0.105 e. The second kappa shape index (κ2) is 4.74. The van der Waals surface area contributed by atoms with Crippen LogP contribution in [-0.4, -0.2) is 15.0 Å². The average Bonchev–Trinajstić information content (AvgIpc) is 2.98. The van der Waals surface area contributed by atoms with Gasteiger partial charge in [0, 0.05) is 13.1 Å². The Balaban J connectivity index is 1.79. The van der Waals surface area contributed by atoms with Gasteiger partial charge in [0.1, 0.15) is 5.69 Å². The van der Waals surface area contributed by atoms with Crippen molar-refractivity contribution in [1.29, 1.82) is 0 Å². The molecule has 0 atom stereocenters. The quantitative estimate of drug-likeness (QED) is 0.892. The van der Waals surface area contributed by atoms with Crippen LogP contribution in [-0.2, 0) is 19.6 Å². The van der Waals surface area contributed by atoms with E-state index >= 15 is 0 Å². The van der Waals surface area contributed by atoms with Gasteiger partial charge in [0.15, 0.2) is 0 Å². The molecule has 2 aromatic rings. The molecule has 1 aliphatic heterocycles. The zero-order valence-corrected chi connectivity index (χ0v) is 10.4. The van der Waals surface area contributed by atoms with E-state index < -0.39 is 0 Å². The van der Waals surface area contributed by atoms with E-state index in [1.54, 1.807) is 0 Å². The summed E-state index contributed by atoms with van der Waals surface area (Å²) in [6, 6.07) is 6.63. The Kier molecular flexibility index (Phi) is 2.94. The minimum atomic E-state index is 0.776. The molecule has 0 radical (unpaired) electrons. The number of hydrogen-bond acceptors (Lipinski definition) is 3. The third-order valence-corrected chi connectivity index (χ3v) is 3.14. The van der Waals surface area contributed by atoms with Crippen LogP contribution in [0.5, 0.6) is 0 Å². The molecule has 18 heavy (non-hydrogen) atoms. The molecule has 3 rings (SSSR count). The highest BCUT2D eigenvalue weighted by Gasteiger charge is 2.10. The summed E-state index contributed by atoms with van der Waals surface area (Å²) in [7, 11) is 0. The molecule has 0 aliphatic carbocycles. The van der Waals surface area contributed by atoms with Crippen molar-refractivity contribution in [3.63, 3.8) is 0 Å². The van der Waals surface area contributed by atoms with Gasteiger partial charge in [-0.3, -0.25) is 0 Å². The first kappa shape index (κ1) is 11.2. The number of aromatic nitrogens is 3. The zero-order valence-electron chi connectivity index (χ0n) is 10.4. The van der Waals surface area contributed by atoms with Crippen LogP contribution in [0.4, 0.5) is 0 Å². The fraction of sp³-hybridized carbons (Fsp3) is 0.286. The Labute approximate surface area is 106 Å². The number of benzene rings is 1. The van der Waals surface area contributed by atoms with E-state index in [1.165, 1.54) is 16.7 Å². The maximum Gasteiger partial charge on any atom is 0.105 e. The number of hydrogen-bond donors (Lipinski definition) is 1. The molecule has 0 saturated carbocycles. The molecule has 1 aromatic heterocycles. The minimum absolute atomic E-state index is 0.776. The van der Waals surface area contributed by atoms with Crippen molar-refractivity contribution in [2.75, 3.05) is 0 Å². The molecule has 0 amide bonds. The SMILES string of the molecule is C/C=C/c1cn(Cc2ccc3c(c2)CNC3)nn1. The maximum absolute atomic E-state index is 4.12. The molecular weight excluding hydrogens is 224 g/mol. The molecule has 4 heteroatoms. The average molecular weight is 240 g/mol. The fourth-order valence-corrected chi connectivity index (χ4v) is 2.27. The van der Waals surface area contributed by atoms with Crippen molar-refractivity contribution in [2.45, 2.75) is 26.6 Å². The van der Waals surface area contributed by atoms with Gasteiger partial charge in [-0.25, -0.2) is 4.68 Å². The van der Waals surface area contributed by atoms with Crippen LogP contribution in [0.1, 0.15) is 29.3 Å². The first-order valence-corrected chi connectivity index (χ1v) is 6.19. The van der Waals surface area contributed by atoms with Gasteiger partial charge in [0.2, 0.25) is 0 Å². The highest BCUT2D eigenvalue weighted by Crippen LogP contribution is 2.17. The predicted octanol–water partition coefficient (Wildman–Crippen LogP) is 1.96. The van der Waals surface area contributed by atoms with E-state index in [9.17, 15) is 0 Å². The molecule has 1 aromatic carbocycles. The van der Waals surface area contributed by atoms with Crippen molar-refractivity contribution >= 4 is 6.08 Å². The molecule has 0 fully saturated rings. The van der Waals surface area contributed by atoms with Crippen molar-refractivity contribution in [3.05, 3.63) is 52.9 Å². The Morgan fingerprint density at radius 2 is 2.22 bits per heavy atom. The molecule has 0 spiro atoms. The Hall–Kier alpha value is -1.94. The summed E-state index contributed by atoms with van der Waals surface area (Å²) in [5.74, 6) is 0. The first-order valence-electron chi connectivity index (χ1n) is 6.19. The normalized spacial score (nSPS) is 14.3. The number of rotatable bonds is 3. The predicted molar refractivity (Wildman–Crippen MR) is 70.8 cm³/mol. The second-order valence-electron chi connectivity index (χ2n) is 4.55. The van der Waals surface area contributed by atoms with Crippen LogP contribution in [0, 0.1) is 0 Å². The summed E-state index contributed by atoms with van der Waals surface area (Å²) < 4.78 is 1.87. The summed E-state index contributed by atoms with van der Waals surface area (Å²) >= 11 is 0. The Bertz CT molecular complexity index is 583. The third kappa shape index (κ3) is 2.19. The molecule has 1 N–H and O–H groups in total. The second-order valence-corrected chi connectivity index (χ2v) is 4.55. The maximum atomic E-state index is 4.12.